The lowest BCUT2D eigenvalue weighted by atomic mass is 10.1. The lowest BCUT2D eigenvalue weighted by Gasteiger charge is -2.22. The van der Waals surface area contributed by atoms with Crippen LogP contribution in [-0.2, 0) is 29.0 Å². The summed E-state index contributed by atoms with van der Waals surface area (Å²) in [6, 6.07) is 23.1. The maximum Gasteiger partial charge on any atom is 0.263 e. The van der Waals surface area contributed by atoms with E-state index in [1.165, 1.54) is 5.56 Å². The van der Waals surface area contributed by atoms with Gasteiger partial charge in [-0.1, -0.05) is 42.5 Å². The number of rotatable bonds is 7. The Morgan fingerprint density at radius 3 is 2.64 bits per heavy atom. The largest absolute Gasteiger partial charge is 0.497 e. The van der Waals surface area contributed by atoms with Gasteiger partial charge in [0.05, 0.1) is 13.5 Å². The Hall–Kier alpha value is -3.80. The number of fused-ring (bicyclic) bond motifs is 1. The number of nitrogens with zero attached hydrogens (tertiary/aromatic N) is 1. The molecule has 3 aromatic carbocycles. The average molecular weight is 445 g/mol. The third-order valence-electron chi connectivity index (χ3n) is 5.68. The van der Waals surface area contributed by atoms with Crippen molar-refractivity contribution in [1.29, 1.82) is 0 Å². The van der Waals surface area contributed by atoms with Crippen molar-refractivity contribution < 1.29 is 19.1 Å². The van der Waals surface area contributed by atoms with E-state index in [-0.39, 0.29) is 18.2 Å². The number of anilines is 1. The molecule has 1 aliphatic rings. The highest BCUT2D eigenvalue weighted by atomic mass is 16.5. The molecule has 0 saturated carbocycles. The van der Waals surface area contributed by atoms with E-state index in [0.29, 0.717) is 24.5 Å². The average Bonchev–Trinajstić information content (AvgIpc) is 2.94. The van der Waals surface area contributed by atoms with Crippen LogP contribution in [0.15, 0.2) is 72.8 Å². The van der Waals surface area contributed by atoms with Crippen LogP contribution in [-0.4, -0.2) is 36.5 Å². The van der Waals surface area contributed by atoms with Crippen molar-refractivity contribution in [2.45, 2.75) is 32.4 Å². The Balaban J connectivity index is 1.45. The predicted molar refractivity (Wildman–Crippen MR) is 127 cm³/mol. The Bertz CT molecular complexity index is 1130. The van der Waals surface area contributed by atoms with Gasteiger partial charge >= 0.3 is 0 Å². The van der Waals surface area contributed by atoms with Crippen LogP contribution < -0.4 is 14.8 Å². The van der Waals surface area contributed by atoms with Crippen LogP contribution in [0, 0.1) is 0 Å². The van der Waals surface area contributed by atoms with Crippen molar-refractivity contribution in [3.63, 3.8) is 0 Å². The first kappa shape index (κ1) is 22.4. The molecule has 0 bridgehead atoms. The molecule has 6 nitrogen and oxygen atoms in total. The molecule has 1 heterocycles. The maximum atomic E-state index is 12.9. The van der Waals surface area contributed by atoms with Gasteiger partial charge in [-0.05, 0) is 54.8 Å². The fraction of sp³-hybridized carbons (Fsp3) is 0.259. The molecule has 4 rings (SSSR count). The molecule has 6 heteroatoms. The lowest BCUT2D eigenvalue weighted by Crippen LogP contribution is -2.39. The van der Waals surface area contributed by atoms with E-state index in [4.69, 9.17) is 9.47 Å². The Kier molecular flexibility index (Phi) is 6.93. The maximum absolute atomic E-state index is 12.9. The summed E-state index contributed by atoms with van der Waals surface area (Å²) >= 11 is 0. The molecule has 2 amide bonds. The molecule has 170 valence electrons. The van der Waals surface area contributed by atoms with E-state index in [2.05, 4.69) is 17.4 Å². The monoisotopic (exact) mass is 444 g/mol. The van der Waals surface area contributed by atoms with Gasteiger partial charge in [-0.3, -0.25) is 9.59 Å². The number of methoxy groups -OCH3 is 1. The molecule has 0 spiro atoms. The molecule has 33 heavy (non-hydrogen) atoms. The SMILES string of the molecule is COc1cccc(CC(=O)Nc2ccc3c(c2)CN(CCc2ccccc2)C(=O)C(C)O3)c1. The summed E-state index contributed by atoms with van der Waals surface area (Å²) in [7, 11) is 1.60. The summed E-state index contributed by atoms with van der Waals surface area (Å²) in [5.74, 6) is 1.23. The summed E-state index contributed by atoms with van der Waals surface area (Å²) < 4.78 is 11.1. The second-order valence-electron chi connectivity index (χ2n) is 8.15. The standard InChI is InChI=1S/C27H28N2O4/c1-19-27(31)29(14-13-20-7-4-3-5-8-20)18-22-17-23(11-12-25(22)33-19)28-26(30)16-21-9-6-10-24(15-21)32-2/h3-12,15,17,19H,13-14,16,18H2,1-2H3,(H,28,30). The van der Waals surface area contributed by atoms with E-state index >= 15 is 0 Å². The Morgan fingerprint density at radius 1 is 1.06 bits per heavy atom. The van der Waals surface area contributed by atoms with Gasteiger partial charge in [0, 0.05) is 24.3 Å². The van der Waals surface area contributed by atoms with Crippen LogP contribution in [0.25, 0.3) is 0 Å². The third-order valence-corrected chi connectivity index (χ3v) is 5.68. The zero-order valence-corrected chi connectivity index (χ0v) is 18.9. The van der Waals surface area contributed by atoms with Crippen LogP contribution in [0.4, 0.5) is 5.69 Å². The topological polar surface area (TPSA) is 67.9 Å². The van der Waals surface area contributed by atoms with Gasteiger partial charge in [-0.25, -0.2) is 0 Å². The minimum atomic E-state index is -0.560. The molecule has 0 fully saturated rings. The number of hydrogen-bond acceptors (Lipinski definition) is 4. The van der Waals surface area contributed by atoms with Gasteiger partial charge in [0.25, 0.3) is 5.91 Å². The molecule has 0 radical (unpaired) electrons. The number of carbonyl (C=O) groups excluding carboxylic acids is 2. The lowest BCUT2D eigenvalue weighted by molar-refractivity contribution is -0.137. The first-order valence-electron chi connectivity index (χ1n) is 11.1. The van der Waals surface area contributed by atoms with Gasteiger partial charge < -0.3 is 19.7 Å². The number of amides is 2. The van der Waals surface area contributed by atoms with E-state index in [9.17, 15) is 9.59 Å². The number of ether oxygens (including phenoxy) is 2. The highest BCUT2D eigenvalue weighted by Gasteiger charge is 2.27. The first-order chi connectivity index (χ1) is 16.0. The molecule has 0 aliphatic carbocycles. The molecule has 3 aromatic rings. The van der Waals surface area contributed by atoms with Crippen LogP contribution in [0.5, 0.6) is 11.5 Å². The van der Waals surface area contributed by atoms with Crippen LogP contribution >= 0.6 is 0 Å². The van der Waals surface area contributed by atoms with Crippen LogP contribution in [0.1, 0.15) is 23.6 Å². The molecule has 1 atom stereocenters. The van der Waals surface area contributed by atoms with Crippen molar-refractivity contribution in [3.8, 4) is 11.5 Å². The highest BCUT2D eigenvalue weighted by Crippen LogP contribution is 2.29. The van der Waals surface area contributed by atoms with Gasteiger partial charge in [-0.15, -0.1) is 0 Å². The van der Waals surface area contributed by atoms with Gasteiger partial charge in [0.2, 0.25) is 5.91 Å². The summed E-state index contributed by atoms with van der Waals surface area (Å²) in [5, 5.41) is 2.95. The molecule has 1 unspecified atom stereocenters. The van der Waals surface area contributed by atoms with Crippen molar-refractivity contribution in [1.82, 2.24) is 4.90 Å². The van der Waals surface area contributed by atoms with Crippen molar-refractivity contribution in [3.05, 3.63) is 89.5 Å². The van der Waals surface area contributed by atoms with E-state index < -0.39 is 6.10 Å². The predicted octanol–water partition coefficient (Wildman–Crippen LogP) is 4.23. The zero-order valence-electron chi connectivity index (χ0n) is 18.9. The summed E-state index contributed by atoms with van der Waals surface area (Å²) in [4.78, 5) is 27.3. The Labute approximate surface area is 194 Å². The van der Waals surface area contributed by atoms with Crippen LogP contribution in [0.3, 0.4) is 0 Å². The number of hydrogen-bond donors (Lipinski definition) is 1. The smallest absolute Gasteiger partial charge is 0.263 e. The van der Waals surface area contributed by atoms with Crippen molar-refractivity contribution in [2.75, 3.05) is 19.0 Å². The molecule has 1 N–H and O–H groups in total. The second-order valence-corrected chi connectivity index (χ2v) is 8.15. The first-order valence-corrected chi connectivity index (χ1v) is 11.1. The fourth-order valence-corrected chi connectivity index (χ4v) is 3.95. The molecular formula is C27H28N2O4. The van der Waals surface area contributed by atoms with E-state index in [1.807, 2.05) is 59.5 Å². The van der Waals surface area contributed by atoms with Gasteiger partial charge in [-0.2, -0.15) is 0 Å². The van der Waals surface area contributed by atoms with Crippen LogP contribution in [0.2, 0.25) is 0 Å². The third kappa shape index (κ3) is 5.71. The second kappa shape index (κ2) is 10.2. The Morgan fingerprint density at radius 2 is 1.85 bits per heavy atom. The number of carbonyl (C=O) groups is 2. The quantitative estimate of drug-likeness (QED) is 0.592. The minimum Gasteiger partial charge on any atom is -0.497 e. The van der Waals surface area contributed by atoms with Crippen molar-refractivity contribution >= 4 is 17.5 Å². The fourth-order valence-electron chi connectivity index (χ4n) is 3.95. The normalized spacial score (nSPS) is 15.3. The van der Waals surface area contributed by atoms with E-state index in [1.54, 1.807) is 20.1 Å². The molecule has 0 aromatic heterocycles. The summed E-state index contributed by atoms with van der Waals surface area (Å²) in [6.07, 6.45) is 0.449. The number of nitrogens with one attached hydrogen (secondary N) is 1. The molecule has 0 saturated heterocycles. The zero-order chi connectivity index (χ0) is 23.2. The van der Waals surface area contributed by atoms with Gasteiger partial charge in [0.1, 0.15) is 11.5 Å². The molecular weight excluding hydrogens is 416 g/mol. The minimum absolute atomic E-state index is 0.0364. The van der Waals surface area contributed by atoms with E-state index in [0.717, 1.165) is 23.3 Å². The van der Waals surface area contributed by atoms with Crippen molar-refractivity contribution in [2.24, 2.45) is 0 Å². The molecule has 1 aliphatic heterocycles. The summed E-state index contributed by atoms with van der Waals surface area (Å²) in [6.45, 7) is 2.81. The highest BCUT2D eigenvalue weighted by molar-refractivity contribution is 5.92. The summed E-state index contributed by atoms with van der Waals surface area (Å²) in [5.41, 5.74) is 3.61. The number of benzene rings is 3. The van der Waals surface area contributed by atoms with Gasteiger partial charge in [0.15, 0.2) is 6.10 Å².